The summed E-state index contributed by atoms with van der Waals surface area (Å²) in [6.07, 6.45) is 2.43. The molecule has 1 saturated carbocycles. The smallest absolute Gasteiger partial charge is 0.231 e. The normalized spacial score (nSPS) is 15.8. The average Bonchev–Trinajstić information content (AvgIpc) is 2.43. The molecule has 0 aromatic heterocycles. The number of Topliss-reactive ketones (excluding diaryl/α,β-unsaturated/α-hetero) is 1. The fourth-order valence-electron chi connectivity index (χ4n) is 2.04. The van der Waals surface area contributed by atoms with Crippen LogP contribution in [0.25, 0.3) is 0 Å². The molecule has 0 saturated heterocycles. The van der Waals surface area contributed by atoms with Gasteiger partial charge in [0, 0.05) is 5.56 Å². The zero-order valence-electron chi connectivity index (χ0n) is 11.1. The largest absolute Gasteiger partial charge is 0.337 e. The second-order valence-electron chi connectivity index (χ2n) is 4.88. The van der Waals surface area contributed by atoms with Gasteiger partial charge in [0.15, 0.2) is 5.78 Å². The van der Waals surface area contributed by atoms with Gasteiger partial charge >= 0.3 is 0 Å². The Morgan fingerprint density at radius 2 is 1.95 bits per heavy atom. The Balaban J connectivity index is 1.72. The summed E-state index contributed by atoms with van der Waals surface area (Å²) in [6, 6.07) is 11.2. The molecular weight excluding hydrogens is 272 g/mol. The number of hydrogen-bond donors (Lipinski definition) is 1. The van der Waals surface area contributed by atoms with Gasteiger partial charge in [-0.2, -0.15) is 5.26 Å². The Labute approximate surface area is 122 Å². The minimum atomic E-state index is -0.652. The molecule has 4 nitrogen and oxygen atoms in total. The summed E-state index contributed by atoms with van der Waals surface area (Å²) in [6.45, 7) is 0. The van der Waals surface area contributed by atoms with Crippen molar-refractivity contribution in [2.75, 3.05) is 11.5 Å². The lowest BCUT2D eigenvalue weighted by Gasteiger charge is -2.35. The first-order chi connectivity index (χ1) is 9.65. The van der Waals surface area contributed by atoms with Crippen LogP contribution in [-0.4, -0.2) is 28.7 Å². The Bertz CT molecular complexity index is 533. The van der Waals surface area contributed by atoms with Gasteiger partial charge in [0.05, 0.1) is 17.6 Å². The molecule has 1 N–H and O–H groups in total. The van der Waals surface area contributed by atoms with Gasteiger partial charge in [-0.3, -0.25) is 9.59 Å². The number of ketones is 1. The van der Waals surface area contributed by atoms with E-state index in [4.69, 9.17) is 5.26 Å². The summed E-state index contributed by atoms with van der Waals surface area (Å²) in [5.41, 5.74) is 0.00839. The predicted octanol–water partition coefficient (Wildman–Crippen LogP) is 2.16. The zero-order valence-corrected chi connectivity index (χ0v) is 11.9. The molecule has 0 unspecified atom stereocenters. The summed E-state index contributed by atoms with van der Waals surface area (Å²) in [7, 11) is 0. The number of nitrogens with zero attached hydrogens (tertiary/aromatic N) is 1. The molecule has 0 bridgehead atoms. The van der Waals surface area contributed by atoms with E-state index < -0.39 is 5.54 Å². The van der Waals surface area contributed by atoms with Gasteiger partial charge in [0.25, 0.3) is 0 Å². The molecule has 0 spiro atoms. The van der Waals surface area contributed by atoms with E-state index in [1.54, 1.807) is 12.1 Å². The average molecular weight is 288 g/mol. The predicted molar refractivity (Wildman–Crippen MR) is 78.4 cm³/mol. The maximum atomic E-state index is 11.8. The Kier molecular flexibility index (Phi) is 4.80. The molecule has 2 rings (SSSR count). The van der Waals surface area contributed by atoms with Crippen molar-refractivity contribution in [1.29, 1.82) is 5.26 Å². The van der Waals surface area contributed by atoms with Crippen LogP contribution >= 0.6 is 11.8 Å². The molecule has 1 aliphatic rings. The lowest BCUT2D eigenvalue weighted by atomic mass is 9.78. The Hall–Kier alpha value is -1.80. The molecule has 5 heteroatoms. The molecule has 1 fully saturated rings. The highest BCUT2D eigenvalue weighted by Crippen LogP contribution is 2.30. The topological polar surface area (TPSA) is 70.0 Å². The highest BCUT2D eigenvalue weighted by atomic mass is 32.2. The zero-order chi connectivity index (χ0) is 14.4. The molecule has 1 amide bonds. The van der Waals surface area contributed by atoms with Crippen molar-refractivity contribution in [3.63, 3.8) is 0 Å². The maximum Gasteiger partial charge on any atom is 0.231 e. The molecule has 0 aliphatic heterocycles. The highest BCUT2D eigenvalue weighted by molar-refractivity contribution is 8.00. The van der Waals surface area contributed by atoms with Gasteiger partial charge in [-0.15, -0.1) is 11.8 Å². The van der Waals surface area contributed by atoms with E-state index >= 15 is 0 Å². The van der Waals surface area contributed by atoms with Crippen LogP contribution in [0, 0.1) is 11.3 Å². The Morgan fingerprint density at radius 1 is 1.25 bits per heavy atom. The molecule has 1 aliphatic carbocycles. The first-order valence-electron chi connectivity index (χ1n) is 6.53. The highest BCUT2D eigenvalue weighted by Gasteiger charge is 2.38. The van der Waals surface area contributed by atoms with Gasteiger partial charge in [0.1, 0.15) is 5.54 Å². The summed E-state index contributed by atoms with van der Waals surface area (Å²) in [5.74, 6) is 0.332. The van der Waals surface area contributed by atoms with E-state index in [0.717, 1.165) is 19.3 Å². The fraction of sp³-hybridized carbons (Fsp3) is 0.400. The molecule has 20 heavy (non-hydrogen) atoms. The van der Waals surface area contributed by atoms with Crippen molar-refractivity contribution in [2.24, 2.45) is 0 Å². The number of rotatable bonds is 6. The summed E-state index contributed by atoms with van der Waals surface area (Å²) >= 11 is 1.28. The third-order valence-corrected chi connectivity index (χ3v) is 4.29. The van der Waals surface area contributed by atoms with Crippen molar-refractivity contribution < 1.29 is 9.59 Å². The van der Waals surface area contributed by atoms with Crippen LogP contribution in [0.2, 0.25) is 0 Å². The third-order valence-electron chi connectivity index (χ3n) is 3.36. The lowest BCUT2D eigenvalue weighted by molar-refractivity contribution is -0.120. The number of amides is 1. The van der Waals surface area contributed by atoms with Crippen LogP contribution in [-0.2, 0) is 4.79 Å². The number of hydrogen-bond acceptors (Lipinski definition) is 4. The number of nitriles is 1. The van der Waals surface area contributed by atoms with Crippen molar-refractivity contribution >= 4 is 23.5 Å². The van der Waals surface area contributed by atoms with E-state index in [9.17, 15) is 9.59 Å². The molecule has 1 aromatic carbocycles. The van der Waals surface area contributed by atoms with Gasteiger partial charge in [-0.05, 0) is 19.3 Å². The molecule has 0 radical (unpaired) electrons. The SMILES string of the molecule is N#CC1(NC(=O)CSCC(=O)c2ccccc2)CCC1. The first-order valence-corrected chi connectivity index (χ1v) is 7.69. The van der Waals surface area contributed by atoms with Gasteiger partial charge in [-0.1, -0.05) is 30.3 Å². The van der Waals surface area contributed by atoms with Crippen molar-refractivity contribution in [2.45, 2.75) is 24.8 Å². The molecule has 104 valence electrons. The second kappa shape index (κ2) is 6.58. The van der Waals surface area contributed by atoms with Crippen LogP contribution in [0.4, 0.5) is 0 Å². The van der Waals surface area contributed by atoms with Crippen LogP contribution in [0.15, 0.2) is 30.3 Å². The summed E-state index contributed by atoms with van der Waals surface area (Å²) < 4.78 is 0. The number of carbonyl (C=O) groups is 2. The van der Waals surface area contributed by atoms with E-state index in [-0.39, 0.29) is 23.2 Å². The van der Waals surface area contributed by atoms with Crippen molar-refractivity contribution in [1.82, 2.24) is 5.32 Å². The van der Waals surface area contributed by atoms with Crippen LogP contribution in [0.5, 0.6) is 0 Å². The van der Waals surface area contributed by atoms with E-state index in [0.29, 0.717) is 5.56 Å². The molecule has 1 aromatic rings. The molecule has 0 heterocycles. The second-order valence-corrected chi connectivity index (χ2v) is 5.86. The number of carbonyl (C=O) groups excluding carboxylic acids is 2. The van der Waals surface area contributed by atoms with Crippen molar-refractivity contribution in [3.8, 4) is 6.07 Å². The minimum Gasteiger partial charge on any atom is -0.337 e. The molecule has 0 atom stereocenters. The van der Waals surface area contributed by atoms with E-state index in [1.165, 1.54) is 11.8 Å². The summed E-state index contributed by atoms with van der Waals surface area (Å²) in [4.78, 5) is 23.6. The third kappa shape index (κ3) is 3.61. The van der Waals surface area contributed by atoms with E-state index in [1.807, 2.05) is 18.2 Å². The summed E-state index contributed by atoms with van der Waals surface area (Å²) in [5, 5.41) is 11.8. The maximum absolute atomic E-state index is 11.8. The Morgan fingerprint density at radius 3 is 2.50 bits per heavy atom. The van der Waals surface area contributed by atoms with Gasteiger partial charge in [-0.25, -0.2) is 0 Å². The van der Waals surface area contributed by atoms with Crippen LogP contribution in [0.3, 0.4) is 0 Å². The number of benzene rings is 1. The quantitative estimate of drug-likeness (QED) is 0.814. The van der Waals surface area contributed by atoms with Crippen LogP contribution < -0.4 is 5.32 Å². The van der Waals surface area contributed by atoms with Gasteiger partial charge < -0.3 is 5.32 Å². The fourth-order valence-corrected chi connectivity index (χ4v) is 2.75. The standard InChI is InChI=1S/C15H16N2O2S/c16-11-15(7-4-8-15)17-14(19)10-20-9-13(18)12-5-2-1-3-6-12/h1-3,5-6H,4,7-10H2,(H,17,19). The van der Waals surface area contributed by atoms with Crippen LogP contribution in [0.1, 0.15) is 29.6 Å². The minimum absolute atomic E-state index is 0.0158. The number of thioether (sulfide) groups is 1. The van der Waals surface area contributed by atoms with Gasteiger partial charge in [0.2, 0.25) is 5.91 Å². The number of nitrogens with one attached hydrogen (secondary N) is 1. The van der Waals surface area contributed by atoms with E-state index in [2.05, 4.69) is 11.4 Å². The monoisotopic (exact) mass is 288 g/mol. The molecular formula is C15H16N2O2S. The first kappa shape index (κ1) is 14.6. The lowest BCUT2D eigenvalue weighted by Crippen LogP contribution is -2.52. The van der Waals surface area contributed by atoms with Crippen molar-refractivity contribution in [3.05, 3.63) is 35.9 Å².